The Morgan fingerprint density at radius 2 is 1.90 bits per heavy atom. The number of carbonyl (C=O) groups excluding carboxylic acids is 1. The summed E-state index contributed by atoms with van der Waals surface area (Å²) >= 11 is 0. The lowest BCUT2D eigenvalue weighted by Crippen LogP contribution is -2.09. The molecule has 3 aromatic rings. The van der Waals surface area contributed by atoms with Gasteiger partial charge in [-0.3, -0.25) is 4.79 Å². The first-order valence-corrected chi connectivity index (χ1v) is 6.49. The van der Waals surface area contributed by atoms with E-state index in [-0.39, 0.29) is 5.78 Å². The molecule has 0 spiro atoms. The van der Waals surface area contributed by atoms with Gasteiger partial charge >= 0.3 is 0 Å². The Morgan fingerprint density at radius 1 is 1.10 bits per heavy atom. The molecule has 0 saturated heterocycles. The number of ether oxygens (including phenoxy) is 1. The van der Waals surface area contributed by atoms with Crippen molar-refractivity contribution in [2.75, 3.05) is 7.11 Å². The van der Waals surface area contributed by atoms with Crippen molar-refractivity contribution >= 4 is 16.7 Å². The standard InChI is InChI=1S/C17H15NO2/c1-20-15-7-8-16-14(11-15)9-10-18(16)12-17(19)13-5-3-2-4-6-13/h2-11H,12H2,1H3. The average Bonchev–Trinajstić information content (AvgIpc) is 2.90. The van der Waals surface area contributed by atoms with Crippen LogP contribution in [0.5, 0.6) is 5.75 Å². The summed E-state index contributed by atoms with van der Waals surface area (Å²) in [6.45, 7) is 0.347. The molecule has 0 aliphatic rings. The van der Waals surface area contributed by atoms with Crippen LogP contribution in [0, 0.1) is 0 Å². The number of hydrogen-bond donors (Lipinski definition) is 0. The highest BCUT2D eigenvalue weighted by molar-refractivity contribution is 5.96. The summed E-state index contributed by atoms with van der Waals surface area (Å²) < 4.78 is 7.17. The molecule has 0 saturated carbocycles. The van der Waals surface area contributed by atoms with E-state index in [2.05, 4.69) is 0 Å². The number of carbonyl (C=O) groups is 1. The normalized spacial score (nSPS) is 10.7. The second-order valence-electron chi connectivity index (χ2n) is 4.66. The van der Waals surface area contributed by atoms with Crippen molar-refractivity contribution in [1.82, 2.24) is 4.57 Å². The van der Waals surface area contributed by atoms with E-state index in [1.807, 2.05) is 65.4 Å². The second-order valence-corrected chi connectivity index (χ2v) is 4.66. The molecule has 0 aliphatic heterocycles. The van der Waals surface area contributed by atoms with Crippen LogP contribution in [0.3, 0.4) is 0 Å². The minimum absolute atomic E-state index is 0.110. The number of ketones is 1. The third-order valence-corrected chi connectivity index (χ3v) is 3.39. The van der Waals surface area contributed by atoms with Crippen LogP contribution in [0.25, 0.3) is 10.9 Å². The molecule has 3 heteroatoms. The Hall–Kier alpha value is -2.55. The van der Waals surface area contributed by atoms with Crippen LogP contribution >= 0.6 is 0 Å². The predicted octanol–water partition coefficient (Wildman–Crippen LogP) is 3.53. The Labute approximate surface area is 117 Å². The molecule has 1 aromatic heterocycles. The zero-order chi connectivity index (χ0) is 13.9. The lowest BCUT2D eigenvalue weighted by atomic mass is 10.1. The van der Waals surface area contributed by atoms with E-state index >= 15 is 0 Å². The highest BCUT2D eigenvalue weighted by Crippen LogP contribution is 2.22. The summed E-state index contributed by atoms with van der Waals surface area (Å²) in [5.74, 6) is 0.934. The average molecular weight is 265 g/mol. The quantitative estimate of drug-likeness (QED) is 0.676. The van der Waals surface area contributed by atoms with Gasteiger partial charge in [0.1, 0.15) is 5.75 Å². The summed E-state index contributed by atoms with van der Waals surface area (Å²) in [4.78, 5) is 12.2. The van der Waals surface area contributed by atoms with Crippen molar-refractivity contribution in [3.63, 3.8) is 0 Å². The molecule has 3 rings (SSSR count). The van der Waals surface area contributed by atoms with Gasteiger partial charge in [-0.1, -0.05) is 30.3 Å². The first-order valence-electron chi connectivity index (χ1n) is 6.49. The maximum absolute atomic E-state index is 12.2. The van der Waals surface area contributed by atoms with Crippen LogP contribution < -0.4 is 4.74 Å². The molecule has 0 fully saturated rings. The second kappa shape index (κ2) is 5.21. The van der Waals surface area contributed by atoms with E-state index in [4.69, 9.17) is 4.74 Å². The summed E-state index contributed by atoms with van der Waals surface area (Å²) in [7, 11) is 1.65. The Morgan fingerprint density at radius 3 is 2.65 bits per heavy atom. The lowest BCUT2D eigenvalue weighted by molar-refractivity contribution is 0.0973. The molecule has 0 unspecified atom stereocenters. The summed E-state index contributed by atoms with van der Waals surface area (Å²) in [5.41, 5.74) is 1.78. The Bertz CT molecular complexity index is 744. The van der Waals surface area contributed by atoms with Gasteiger partial charge in [-0.25, -0.2) is 0 Å². The number of rotatable bonds is 4. The number of methoxy groups -OCH3 is 1. The van der Waals surface area contributed by atoms with Crippen LogP contribution in [0.2, 0.25) is 0 Å². The van der Waals surface area contributed by atoms with Gasteiger partial charge in [-0.15, -0.1) is 0 Å². The minimum atomic E-state index is 0.110. The number of Topliss-reactive ketones (excluding diaryl/α,β-unsaturated/α-hetero) is 1. The van der Waals surface area contributed by atoms with Gasteiger partial charge in [-0.2, -0.15) is 0 Å². The molecule has 0 bridgehead atoms. The van der Waals surface area contributed by atoms with Gasteiger partial charge in [0.25, 0.3) is 0 Å². The topological polar surface area (TPSA) is 31.2 Å². The van der Waals surface area contributed by atoms with Crippen LogP contribution in [-0.4, -0.2) is 17.5 Å². The molecule has 2 aromatic carbocycles. The van der Waals surface area contributed by atoms with Crippen molar-refractivity contribution in [2.45, 2.75) is 6.54 Å². The fraction of sp³-hybridized carbons (Fsp3) is 0.118. The zero-order valence-electron chi connectivity index (χ0n) is 11.2. The number of hydrogen-bond acceptors (Lipinski definition) is 2. The maximum Gasteiger partial charge on any atom is 0.182 e. The van der Waals surface area contributed by atoms with Crippen LogP contribution in [0.4, 0.5) is 0 Å². The van der Waals surface area contributed by atoms with E-state index in [0.717, 1.165) is 22.2 Å². The lowest BCUT2D eigenvalue weighted by Gasteiger charge is -2.06. The third-order valence-electron chi connectivity index (χ3n) is 3.39. The number of aromatic nitrogens is 1. The van der Waals surface area contributed by atoms with E-state index in [0.29, 0.717) is 6.54 Å². The first-order chi connectivity index (χ1) is 9.78. The van der Waals surface area contributed by atoms with Crippen molar-refractivity contribution in [3.8, 4) is 5.75 Å². The molecular formula is C17H15NO2. The van der Waals surface area contributed by atoms with Crippen molar-refractivity contribution in [2.24, 2.45) is 0 Å². The largest absolute Gasteiger partial charge is 0.497 e. The fourth-order valence-electron chi connectivity index (χ4n) is 2.31. The molecule has 100 valence electrons. The van der Waals surface area contributed by atoms with Crippen LogP contribution in [0.1, 0.15) is 10.4 Å². The highest BCUT2D eigenvalue weighted by atomic mass is 16.5. The summed E-state index contributed by atoms with van der Waals surface area (Å²) in [6, 6.07) is 17.2. The molecule has 1 heterocycles. The smallest absolute Gasteiger partial charge is 0.182 e. The minimum Gasteiger partial charge on any atom is -0.497 e. The molecule has 0 aliphatic carbocycles. The SMILES string of the molecule is COc1ccc2c(ccn2CC(=O)c2ccccc2)c1. The number of fused-ring (bicyclic) bond motifs is 1. The molecule has 0 amide bonds. The molecule has 0 N–H and O–H groups in total. The van der Waals surface area contributed by atoms with E-state index in [9.17, 15) is 4.79 Å². The van der Waals surface area contributed by atoms with Gasteiger partial charge in [0.2, 0.25) is 0 Å². The van der Waals surface area contributed by atoms with E-state index in [1.54, 1.807) is 7.11 Å². The highest BCUT2D eigenvalue weighted by Gasteiger charge is 2.08. The molecule has 20 heavy (non-hydrogen) atoms. The molecular weight excluding hydrogens is 250 g/mol. The number of nitrogens with zero attached hydrogens (tertiary/aromatic N) is 1. The van der Waals surface area contributed by atoms with E-state index in [1.165, 1.54) is 0 Å². The van der Waals surface area contributed by atoms with Gasteiger partial charge < -0.3 is 9.30 Å². The molecule has 0 radical (unpaired) electrons. The van der Waals surface area contributed by atoms with Gasteiger partial charge in [0.15, 0.2) is 5.78 Å². The summed E-state index contributed by atoms with van der Waals surface area (Å²) in [5, 5.41) is 1.07. The predicted molar refractivity (Wildman–Crippen MR) is 79.3 cm³/mol. The monoisotopic (exact) mass is 265 g/mol. The Balaban J connectivity index is 1.90. The maximum atomic E-state index is 12.2. The van der Waals surface area contributed by atoms with Crippen molar-refractivity contribution in [1.29, 1.82) is 0 Å². The summed E-state index contributed by atoms with van der Waals surface area (Å²) in [6.07, 6.45) is 1.94. The third kappa shape index (κ3) is 2.30. The van der Waals surface area contributed by atoms with Crippen molar-refractivity contribution in [3.05, 3.63) is 66.4 Å². The van der Waals surface area contributed by atoms with Crippen LogP contribution in [-0.2, 0) is 6.54 Å². The molecule has 3 nitrogen and oxygen atoms in total. The van der Waals surface area contributed by atoms with Gasteiger partial charge in [0, 0.05) is 22.7 Å². The van der Waals surface area contributed by atoms with E-state index < -0.39 is 0 Å². The fourth-order valence-corrected chi connectivity index (χ4v) is 2.31. The number of benzene rings is 2. The van der Waals surface area contributed by atoms with Crippen LogP contribution in [0.15, 0.2) is 60.8 Å². The van der Waals surface area contributed by atoms with Crippen molar-refractivity contribution < 1.29 is 9.53 Å². The molecule has 0 atom stereocenters. The van der Waals surface area contributed by atoms with Gasteiger partial charge in [-0.05, 0) is 24.3 Å². The van der Waals surface area contributed by atoms with Gasteiger partial charge in [0.05, 0.1) is 13.7 Å². The zero-order valence-corrected chi connectivity index (χ0v) is 11.2. The first kappa shape index (κ1) is 12.5. The Kier molecular flexibility index (Phi) is 3.25.